The number of hydrogen-bond donors (Lipinski definition) is 4. The number of β-amino-alcohol motifs (C(OH)–C–C–N with tert-alkyl or cyclic N) is 1. The van der Waals surface area contributed by atoms with Crippen molar-refractivity contribution in [2.24, 2.45) is 5.92 Å². The van der Waals surface area contributed by atoms with Gasteiger partial charge in [-0.05, 0) is 111 Å². The number of aliphatic hydroxyl groups is 1. The van der Waals surface area contributed by atoms with E-state index in [-0.39, 0.29) is 103 Å². The van der Waals surface area contributed by atoms with E-state index in [9.17, 15) is 24.6 Å². The van der Waals surface area contributed by atoms with Crippen molar-refractivity contribution >= 4 is 56.7 Å². The van der Waals surface area contributed by atoms with Gasteiger partial charge in [0.05, 0.1) is 45.7 Å². The van der Waals surface area contributed by atoms with Crippen LogP contribution in [0.1, 0.15) is 113 Å². The quantitative estimate of drug-likeness (QED) is 0.0668. The molecule has 4 aromatic heterocycles. The number of nitrogens with one attached hydrogen (secondary N) is 2. The molecule has 8 atom stereocenters. The number of nitrogens with zero attached hydrogens (tertiary/aromatic N) is 9. The van der Waals surface area contributed by atoms with E-state index in [1.165, 1.54) is 9.80 Å². The van der Waals surface area contributed by atoms with Gasteiger partial charge in [-0.2, -0.15) is 9.97 Å². The number of aromatic nitrogens is 5. The third-order valence-electron chi connectivity index (χ3n) is 17.9. The molecule has 2 bridgehead atoms. The van der Waals surface area contributed by atoms with Crippen LogP contribution in [0.3, 0.4) is 0 Å². The number of thiazole rings is 1. The number of anilines is 1. The van der Waals surface area contributed by atoms with E-state index in [1.54, 1.807) is 42.8 Å². The second-order valence-corrected chi connectivity index (χ2v) is 24.7. The van der Waals surface area contributed by atoms with Gasteiger partial charge in [0.2, 0.25) is 11.8 Å². The number of benzene rings is 3. The minimum atomic E-state index is -0.890. The molecule has 21 heteroatoms. The van der Waals surface area contributed by atoms with E-state index in [0.29, 0.717) is 47.7 Å². The molecule has 5 fully saturated rings. The Morgan fingerprint density at radius 2 is 1.81 bits per heavy atom. The van der Waals surface area contributed by atoms with Gasteiger partial charge in [-0.1, -0.05) is 68.4 Å². The smallest absolute Gasteiger partial charge is 0.409 e. The Morgan fingerprint density at radius 1 is 1.01 bits per heavy atom. The molecule has 5 aliphatic heterocycles. The minimum absolute atomic E-state index is 0.00159. The molecule has 3 aromatic carbocycles. The van der Waals surface area contributed by atoms with Crippen LogP contribution in [0.15, 0.2) is 76.9 Å². The molecule has 3 amide bonds. The van der Waals surface area contributed by atoms with E-state index in [2.05, 4.69) is 30.6 Å². The monoisotopic (exact) mass is 1150 g/mol. The summed E-state index contributed by atoms with van der Waals surface area (Å²) in [6.45, 7) is 12.4. The van der Waals surface area contributed by atoms with Gasteiger partial charge in [0.1, 0.15) is 59.4 Å². The summed E-state index contributed by atoms with van der Waals surface area (Å²) in [5.74, 6) is -1.49. The first-order valence-corrected chi connectivity index (χ1v) is 30.1. The van der Waals surface area contributed by atoms with E-state index >= 15 is 4.39 Å². The van der Waals surface area contributed by atoms with E-state index in [4.69, 9.17) is 28.9 Å². The van der Waals surface area contributed by atoms with Crippen molar-refractivity contribution in [3.05, 3.63) is 106 Å². The number of phenols is 1. The number of rotatable bonds is 17. The van der Waals surface area contributed by atoms with Crippen molar-refractivity contribution in [2.75, 3.05) is 51.3 Å². The van der Waals surface area contributed by atoms with Crippen LogP contribution < -0.4 is 20.3 Å². The zero-order chi connectivity index (χ0) is 57.8. The molecule has 4 N–H and O–H groups in total. The maximum atomic E-state index is 17.4. The summed E-state index contributed by atoms with van der Waals surface area (Å²) in [6, 6.07) is 18.1. The third-order valence-corrected chi connectivity index (χ3v) is 18.9. The predicted octanol–water partition coefficient (Wildman–Crippen LogP) is 8.84. The summed E-state index contributed by atoms with van der Waals surface area (Å²) in [5.41, 5.74) is 6.48. The molecule has 0 aliphatic carbocycles. The first-order valence-electron chi connectivity index (χ1n) is 29.2. The molecule has 0 saturated carbocycles. The van der Waals surface area contributed by atoms with E-state index < -0.39 is 30.0 Å². The lowest BCUT2D eigenvalue weighted by Crippen LogP contribution is -2.51. The Kier molecular flexibility index (Phi) is 15.6. The van der Waals surface area contributed by atoms with E-state index in [0.717, 1.165) is 83.1 Å². The van der Waals surface area contributed by atoms with Crippen LogP contribution in [0.4, 0.5) is 15.0 Å². The molecule has 83 heavy (non-hydrogen) atoms. The lowest BCUT2D eigenvalue weighted by atomic mass is 9.91. The van der Waals surface area contributed by atoms with Crippen molar-refractivity contribution in [3.63, 3.8) is 0 Å². The fourth-order valence-corrected chi connectivity index (χ4v) is 14.5. The number of fused-ring (bicyclic) bond motifs is 5. The van der Waals surface area contributed by atoms with Gasteiger partial charge in [-0.15, -0.1) is 11.3 Å². The number of halogens is 1. The highest BCUT2D eigenvalue weighted by molar-refractivity contribution is 7.13. The summed E-state index contributed by atoms with van der Waals surface area (Å²) in [4.78, 5) is 69.4. The van der Waals surface area contributed by atoms with Crippen LogP contribution >= 0.6 is 11.3 Å². The molecule has 7 aromatic rings. The van der Waals surface area contributed by atoms with Gasteiger partial charge < -0.3 is 49.5 Å². The third kappa shape index (κ3) is 11.0. The van der Waals surface area contributed by atoms with Crippen molar-refractivity contribution < 1.29 is 43.0 Å². The zero-order valence-corrected chi connectivity index (χ0v) is 48.6. The number of piperazine rings is 1. The lowest BCUT2D eigenvalue weighted by molar-refractivity contribution is -0.141. The Labute approximate surface area is 485 Å². The average Bonchev–Trinajstić information content (AvgIpc) is 3.35. The van der Waals surface area contributed by atoms with Gasteiger partial charge in [0, 0.05) is 69.1 Å². The number of hydrogen-bond acceptors (Lipinski definition) is 17. The highest BCUT2D eigenvalue weighted by Gasteiger charge is 2.51. The molecule has 5 aliphatic rings. The molecule has 436 valence electrons. The summed E-state index contributed by atoms with van der Waals surface area (Å²) in [6.07, 6.45) is 6.48. The number of aliphatic hydroxyl groups excluding tert-OH is 1. The Morgan fingerprint density at radius 3 is 2.55 bits per heavy atom. The van der Waals surface area contributed by atoms with Crippen LogP contribution in [0.5, 0.6) is 11.8 Å². The van der Waals surface area contributed by atoms with Gasteiger partial charge in [-0.25, -0.2) is 14.2 Å². The largest absolute Gasteiger partial charge is 0.508 e. The number of pyridine rings is 1. The number of likely N-dealkylation sites (tertiary alicyclic amines) is 1. The van der Waals surface area contributed by atoms with Gasteiger partial charge in [0.15, 0.2) is 5.82 Å². The Hall–Kier alpha value is -7.33. The molecule has 0 radical (unpaired) electrons. The van der Waals surface area contributed by atoms with Gasteiger partial charge in [-0.3, -0.25) is 19.5 Å². The SMILES string of the molecule is CCc1cccc2cc(O)cc(-c3ncc4c(N5CC6CCC(C5)N6)nc(OC[C@]56CCCN5C(COC(=O)N(C)Cc5cc([C@H](C(=O)N7C[C@H](O)C[C@H]7C(=O)N[C@@H](C)c7ccc(-c8scnc8C)cc7)C(C)C)on5)CC6)nc4c3F)c12. The first kappa shape index (κ1) is 56.2. The maximum Gasteiger partial charge on any atom is 0.409 e. The van der Waals surface area contributed by atoms with Crippen LogP contribution in [0, 0.1) is 18.7 Å². The summed E-state index contributed by atoms with van der Waals surface area (Å²) >= 11 is 1.57. The first-order chi connectivity index (χ1) is 40.0. The molecule has 3 unspecified atom stereocenters. The molecule has 9 heterocycles. The maximum absolute atomic E-state index is 17.4. The number of aromatic hydroxyl groups is 1. The van der Waals surface area contributed by atoms with Crippen molar-refractivity contribution in [1.29, 1.82) is 0 Å². The second-order valence-electron chi connectivity index (χ2n) is 23.8. The highest BCUT2D eigenvalue weighted by atomic mass is 32.1. The van der Waals surface area contributed by atoms with Crippen LogP contribution in [-0.4, -0.2) is 150 Å². The number of aryl methyl sites for hydroxylation is 2. The van der Waals surface area contributed by atoms with Crippen LogP contribution in [-0.2, 0) is 27.3 Å². The van der Waals surface area contributed by atoms with Gasteiger partial charge >= 0.3 is 12.1 Å². The molecule has 5 saturated heterocycles. The standard InChI is InChI=1S/C62H72FN11O8S/c1-7-37-10-8-11-40-22-45(75)24-47(52(37)40)54-53(63)55-48(26-64-54)57(72-28-41-16-17-42(29-72)67-41)69-60(68-55)81-32-62-19-9-21-74(62)44(18-20-62)31-80-61(79)71(6)27-43-23-50(82-70-43)51(34(2)3)59(78)73-30-46(76)25-49(73)58(77)66-35(4)38-12-14-39(15-13-38)56-36(5)65-33-83-56/h8,10-15,22-24,26,33-35,41-42,44,46,49,51,67,75-76H,7,9,16-21,25,27-32H2,1-6H3,(H,66,77)/t35-,41?,42?,44?,46+,49-,51+,62+/m0/s1. The normalized spacial score (nSPS) is 23.1. The zero-order valence-electron chi connectivity index (χ0n) is 47.8. The Bertz CT molecular complexity index is 3570. The number of carbonyl (C=O) groups excluding carboxylic acids is 3. The van der Waals surface area contributed by atoms with Gasteiger partial charge in [0.25, 0.3) is 0 Å². The van der Waals surface area contributed by atoms with E-state index in [1.807, 2.05) is 82.6 Å². The van der Waals surface area contributed by atoms with Crippen molar-refractivity contribution in [1.82, 2.24) is 50.4 Å². The average molecular weight is 1150 g/mol. The summed E-state index contributed by atoms with van der Waals surface area (Å²) in [7, 11) is 1.62. The van der Waals surface area contributed by atoms with Crippen LogP contribution in [0.25, 0.3) is 43.4 Å². The number of amides is 3. The Balaban J connectivity index is 0.691. The minimum Gasteiger partial charge on any atom is -0.508 e. The molecular formula is C62H72FN11O8S. The number of ether oxygens (including phenoxy) is 2. The topological polar surface area (TPSA) is 225 Å². The molecule has 19 nitrogen and oxygen atoms in total. The number of phenolic OH excluding ortho intramolecular Hbond substituents is 1. The van der Waals surface area contributed by atoms with Crippen molar-refractivity contribution in [2.45, 2.75) is 140 Å². The molecular weight excluding hydrogens is 1080 g/mol. The fourth-order valence-electron chi connectivity index (χ4n) is 13.7. The summed E-state index contributed by atoms with van der Waals surface area (Å²) < 4.78 is 35.8. The molecule has 0 spiro atoms. The van der Waals surface area contributed by atoms with Crippen molar-refractivity contribution in [3.8, 4) is 33.5 Å². The fraction of sp³-hybridized carbons (Fsp3) is 0.484. The lowest BCUT2D eigenvalue weighted by Gasteiger charge is -2.35. The number of carbonyl (C=O) groups is 3. The predicted molar refractivity (Wildman–Crippen MR) is 312 cm³/mol. The molecule has 12 rings (SSSR count). The second kappa shape index (κ2) is 23.0. The van der Waals surface area contributed by atoms with Crippen LogP contribution in [0.2, 0.25) is 0 Å². The summed E-state index contributed by atoms with van der Waals surface area (Å²) in [5, 5.41) is 34.8. The highest BCUT2D eigenvalue weighted by Crippen LogP contribution is 2.44.